The van der Waals surface area contributed by atoms with Crippen molar-refractivity contribution in [3.8, 4) is 5.75 Å². The Bertz CT molecular complexity index is 893. The molecule has 2 aromatic rings. The van der Waals surface area contributed by atoms with Crippen LogP contribution in [-0.2, 0) is 4.79 Å². The molecule has 0 saturated heterocycles. The summed E-state index contributed by atoms with van der Waals surface area (Å²) < 4.78 is 5.41. The Morgan fingerprint density at radius 3 is 2.59 bits per heavy atom. The molecule has 7 heteroatoms. The molecule has 0 bridgehead atoms. The number of halogens is 1. The van der Waals surface area contributed by atoms with E-state index < -0.39 is 0 Å². The van der Waals surface area contributed by atoms with Crippen LogP contribution >= 0.6 is 11.6 Å². The molecule has 0 heterocycles. The van der Waals surface area contributed by atoms with Gasteiger partial charge in [-0.1, -0.05) is 23.7 Å². The van der Waals surface area contributed by atoms with Crippen LogP contribution < -0.4 is 15.4 Å². The first-order chi connectivity index (χ1) is 12.9. The summed E-state index contributed by atoms with van der Waals surface area (Å²) in [4.78, 5) is 35.5. The standard InChI is InChI=1S/C20H19ClN2O4/c1-12(24)13-3-2-4-16(9-13)27-11-19(25)22-15-7-8-17(18(21)10-15)20(26)23-14-5-6-14/h2-4,7-10,14H,5-6,11H2,1H3,(H,22,25)(H,23,26). The normalized spacial score (nSPS) is 13.0. The van der Waals surface area contributed by atoms with E-state index in [4.69, 9.17) is 16.3 Å². The van der Waals surface area contributed by atoms with Crippen LogP contribution in [0.5, 0.6) is 5.75 Å². The fourth-order valence-electron chi connectivity index (χ4n) is 2.42. The molecule has 3 rings (SSSR count). The molecular weight excluding hydrogens is 368 g/mol. The zero-order valence-electron chi connectivity index (χ0n) is 14.8. The van der Waals surface area contributed by atoms with Gasteiger partial charge in [-0.25, -0.2) is 0 Å². The summed E-state index contributed by atoms with van der Waals surface area (Å²) in [6.45, 7) is 1.24. The third-order valence-corrected chi connectivity index (χ3v) is 4.33. The molecule has 1 fully saturated rings. The van der Waals surface area contributed by atoms with Crippen molar-refractivity contribution in [2.24, 2.45) is 0 Å². The first-order valence-corrected chi connectivity index (χ1v) is 8.94. The maximum Gasteiger partial charge on any atom is 0.262 e. The van der Waals surface area contributed by atoms with Gasteiger partial charge in [0.2, 0.25) is 0 Å². The number of carbonyl (C=O) groups is 3. The minimum absolute atomic E-state index is 0.0784. The lowest BCUT2D eigenvalue weighted by molar-refractivity contribution is -0.118. The van der Waals surface area contributed by atoms with Crippen molar-refractivity contribution in [1.29, 1.82) is 0 Å². The number of ketones is 1. The molecule has 1 aliphatic carbocycles. The van der Waals surface area contributed by atoms with Crippen molar-refractivity contribution < 1.29 is 19.1 Å². The summed E-state index contributed by atoms with van der Waals surface area (Å²) in [6.07, 6.45) is 1.99. The fourth-order valence-corrected chi connectivity index (χ4v) is 2.69. The number of nitrogens with one attached hydrogen (secondary N) is 2. The average molecular weight is 387 g/mol. The second kappa shape index (κ2) is 8.22. The average Bonchev–Trinajstić information content (AvgIpc) is 3.44. The predicted molar refractivity (Wildman–Crippen MR) is 103 cm³/mol. The third-order valence-electron chi connectivity index (χ3n) is 4.02. The Morgan fingerprint density at radius 2 is 1.93 bits per heavy atom. The van der Waals surface area contributed by atoms with Crippen LogP contribution in [0.4, 0.5) is 5.69 Å². The van der Waals surface area contributed by atoms with Crippen molar-refractivity contribution >= 4 is 34.9 Å². The van der Waals surface area contributed by atoms with E-state index in [9.17, 15) is 14.4 Å². The number of hydrogen-bond acceptors (Lipinski definition) is 4. The number of ether oxygens (including phenoxy) is 1. The van der Waals surface area contributed by atoms with E-state index in [0.29, 0.717) is 22.6 Å². The van der Waals surface area contributed by atoms with E-state index in [2.05, 4.69) is 10.6 Å². The van der Waals surface area contributed by atoms with E-state index in [0.717, 1.165) is 12.8 Å². The van der Waals surface area contributed by atoms with Gasteiger partial charge in [-0.15, -0.1) is 0 Å². The van der Waals surface area contributed by atoms with Crippen molar-refractivity contribution in [2.75, 3.05) is 11.9 Å². The van der Waals surface area contributed by atoms with Gasteiger partial charge in [0.15, 0.2) is 12.4 Å². The smallest absolute Gasteiger partial charge is 0.262 e. The molecule has 2 amide bonds. The highest BCUT2D eigenvalue weighted by Crippen LogP contribution is 2.24. The van der Waals surface area contributed by atoms with E-state index in [1.807, 2.05) is 0 Å². The van der Waals surface area contributed by atoms with Crippen molar-refractivity contribution in [3.05, 3.63) is 58.6 Å². The van der Waals surface area contributed by atoms with Crippen LogP contribution in [-0.4, -0.2) is 30.2 Å². The van der Waals surface area contributed by atoms with E-state index >= 15 is 0 Å². The van der Waals surface area contributed by atoms with Crippen molar-refractivity contribution in [3.63, 3.8) is 0 Å². The summed E-state index contributed by atoms with van der Waals surface area (Å²) in [6, 6.07) is 11.6. The molecule has 1 aliphatic rings. The summed E-state index contributed by atoms with van der Waals surface area (Å²) >= 11 is 6.16. The van der Waals surface area contributed by atoms with Gasteiger partial charge in [-0.2, -0.15) is 0 Å². The van der Waals surface area contributed by atoms with Gasteiger partial charge in [0, 0.05) is 17.3 Å². The first kappa shape index (κ1) is 18.9. The third kappa shape index (κ3) is 5.31. The minimum atomic E-state index is -0.380. The zero-order chi connectivity index (χ0) is 19.4. The Labute approximate surface area is 161 Å². The molecule has 2 aromatic carbocycles. The molecule has 2 N–H and O–H groups in total. The Morgan fingerprint density at radius 1 is 1.15 bits per heavy atom. The van der Waals surface area contributed by atoms with Crippen molar-refractivity contribution in [2.45, 2.75) is 25.8 Å². The maximum absolute atomic E-state index is 12.1. The number of rotatable bonds is 7. The maximum atomic E-state index is 12.1. The highest BCUT2D eigenvalue weighted by Gasteiger charge is 2.24. The molecule has 0 spiro atoms. The molecule has 0 aromatic heterocycles. The number of hydrogen-bond donors (Lipinski definition) is 2. The highest BCUT2D eigenvalue weighted by atomic mass is 35.5. The monoisotopic (exact) mass is 386 g/mol. The zero-order valence-corrected chi connectivity index (χ0v) is 15.5. The number of carbonyl (C=O) groups excluding carboxylic acids is 3. The Hall–Kier alpha value is -2.86. The minimum Gasteiger partial charge on any atom is -0.484 e. The molecule has 0 unspecified atom stereocenters. The quantitative estimate of drug-likeness (QED) is 0.714. The van der Waals surface area contributed by atoms with E-state index in [1.54, 1.807) is 36.4 Å². The number of Topliss-reactive ketones (excluding diaryl/α,β-unsaturated/α-hetero) is 1. The predicted octanol–water partition coefficient (Wildman–Crippen LogP) is 3.45. The van der Waals surface area contributed by atoms with Gasteiger partial charge in [0.1, 0.15) is 5.75 Å². The van der Waals surface area contributed by atoms with E-state index in [1.165, 1.54) is 13.0 Å². The van der Waals surface area contributed by atoms with Gasteiger partial charge in [0.25, 0.3) is 11.8 Å². The topological polar surface area (TPSA) is 84.5 Å². The summed E-state index contributed by atoms with van der Waals surface area (Å²) in [5, 5.41) is 5.79. The van der Waals surface area contributed by atoms with Crippen LogP contribution in [0.15, 0.2) is 42.5 Å². The fraction of sp³-hybridized carbons (Fsp3) is 0.250. The van der Waals surface area contributed by atoms with Gasteiger partial charge in [-0.05, 0) is 50.1 Å². The highest BCUT2D eigenvalue weighted by molar-refractivity contribution is 6.34. The van der Waals surface area contributed by atoms with Gasteiger partial charge >= 0.3 is 0 Å². The lowest BCUT2D eigenvalue weighted by atomic mass is 10.1. The SMILES string of the molecule is CC(=O)c1cccc(OCC(=O)Nc2ccc(C(=O)NC3CC3)c(Cl)c2)c1. The molecule has 0 aliphatic heterocycles. The van der Waals surface area contributed by atoms with Gasteiger partial charge in [-0.3, -0.25) is 14.4 Å². The molecule has 140 valence electrons. The molecular formula is C20H19ClN2O4. The number of anilines is 1. The molecule has 6 nitrogen and oxygen atoms in total. The second-order valence-corrected chi connectivity index (χ2v) is 6.77. The number of amides is 2. The summed E-state index contributed by atoms with van der Waals surface area (Å²) in [5.74, 6) is -0.239. The van der Waals surface area contributed by atoms with Crippen LogP contribution in [0, 0.1) is 0 Å². The second-order valence-electron chi connectivity index (χ2n) is 6.36. The molecule has 0 atom stereocenters. The van der Waals surface area contributed by atoms with Gasteiger partial charge in [0.05, 0.1) is 10.6 Å². The largest absolute Gasteiger partial charge is 0.484 e. The first-order valence-electron chi connectivity index (χ1n) is 8.56. The van der Waals surface area contributed by atoms with Crippen LogP contribution in [0.2, 0.25) is 5.02 Å². The van der Waals surface area contributed by atoms with Crippen molar-refractivity contribution in [1.82, 2.24) is 5.32 Å². The molecule has 1 saturated carbocycles. The van der Waals surface area contributed by atoms with Crippen LogP contribution in [0.25, 0.3) is 0 Å². The number of benzene rings is 2. The lowest BCUT2D eigenvalue weighted by Crippen LogP contribution is -2.25. The lowest BCUT2D eigenvalue weighted by Gasteiger charge is -2.10. The summed E-state index contributed by atoms with van der Waals surface area (Å²) in [7, 11) is 0. The van der Waals surface area contributed by atoms with Crippen LogP contribution in [0.3, 0.4) is 0 Å². The van der Waals surface area contributed by atoms with Crippen LogP contribution in [0.1, 0.15) is 40.5 Å². The molecule has 0 radical (unpaired) electrons. The summed E-state index contributed by atoms with van der Waals surface area (Å²) in [5.41, 5.74) is 1.35. The van der Waals surface area contributed by atoms with E-state index in [-0.39, 0.29) is 35.3 Å². The Kier molecular flexibility index (Phi) is 5.76. The molecule has 27 heavy (non-hydrogen) atoms. The Balaban J connectivity index is 1.56. The van der Waals surface area contributed by atoms with Gasteiger partial charge < -0.3 is 15.4 Å².